The van der Waals surface area contributed by atoms with Gasteiger partial charge in [0.2, 0.25) is 0 Å². The lowest BCUT2D eigenvalue weighted by molar-refractivity contribution is -0.157. The molecule has 1 rings (SSSR count). The third-order valence-corrected chi connectivity index (χ3v) is 1.94. The Hall–Kier alpha value is -1.10. The molecule has 0 fully saturated rings. The number of hydrogen-bond acceptors (Lipinski definition) is 1. The van der Waals surface area contributed by atoms with Crippen LogP contribution in [0.4, 0.5) is 17.6 Å². The maximum Gasteiger partial charge on any atom is 0.407 e. The van der Waals surface area contributed by atoms with Crippen LogP contribution >= 0.6 is 0 Å². The summed E-state index contributed by atoms with van der Waals surface area (Å²) >= 11 is 0. The third-order valence-electron chi connectivity index (χ3n) is 1.94. The van der Waals surface area contributed by atoms with Crippen molar-refractivity contribution >= 4 is 0 Å². The molecule has 1 aromatic rings. The van der Waals surface area contributed by atoms with Gasteiger partial charge in [-0.1, -0.05) is 19.1 Å². The third kappa shape index (κ3) is 3.20. The van der Waals surface area contributed by atoms with E-state index in [1.165, 1.54) is 0 Å². The Morgan fingerprint density at radius 3 is 2.13 bits per heavy atom. The van der Waals surface area contributed by atoms with Crippen LogP contribution in [0.25, 0.3) is 0 Å². The molecule has 0 heterocycles. The summed E-state index contributed by atoms with van der Waals surface area (Å²) < 4.78 is 50.1. The van der Waals surface area contributed by atoms with E-state index in [1.54, 1.807) is 6.92 Å². The minimum Gasteiger partial charge on any atom is -0.303 e. The first-order valence-corrected chi connectivity index (χ1v) is 4.50. The second-order valence-corrected chi connectivity index (χ2v) is 3.08. The van der Waals surface area contributed by atoms with Crippen molar-refractivity contribution < 1.29 is 17.6 Å². The predicted molar refractivity (Wildman–Crippen MR) is 48.9 cm³/mol. The molecule has 0 aromatic heterocycles. The van der Waals surface area contributed by atoms with Crippen LogP contribution in [0.15, 0.2) is 24.3 Å². The lowest BCUT2D eigenvalue weighted by Crippen LogP contribution is -2.33. The topological polar surface area (TPSA) is 12.0 Å². The van der Waals surface area contributed by atoms with Crippen molar-refractivity contribution in [1.29, 1.82) is 0 Å². The van der Waals surface area contributed by atoms with Crippen molar-refractivity contribution in [3.05, 3.63) is 35.6 Å². The van der Waals surface area contributed by atoms with Crippen LogP contribution in [0.5, 0.6) is 0 Å². The van der Waals surface area contributed by atoms with Gasteiger partial charge in [0.25, 0.3) is 0 Å². The molecule has 1 N–H and O–H groups in total. The molecule has 1 atom stereocenters. The Balaban J connectivity index is 2.94. The van der Waals surface area contributed by atoms with E-state index in [0.29, 0.717) is 0 Å². The largest absolute Gasteiger partial charge is 0.407 e. The highest BCUT2D eigenvalue weighted by atomic mass is 19.4. The van der Waals surface area contributed by atoms with Crippen molar-refractivity contribution in [2.24, 2.45) is 0 Å². The lowest BCUT2D eigenvalue weighted by Gasteiger charge is -2.21. The van der Waals surface area contributed by atoms with Gasteiger partial charge in [-0.05, 0) is 24.2 Å². The van der Waals surface area contributed by atoms with Gasteiger partial charge in [0, 0.05) is 0 Å². The molecule has 0 radical (unpaired) electrons. The summed E-state index contributed by atoms with van der Waals surface area (Å²) in [6, 6.07) is 2.58. The zero-order valence-electron chi connectivity index (χ0n) is 8.11. The summed E-state index contributed by atoms with van der Waals surface area (Å²) in [5.74, 6) is -0.545. The minimum absolute atomic E-state index is 0.0192. The van der Waals surface area contributed by atoms with Crippen molar-refractivity contribution in [2.75, 3.05) is 6.54 Å². The zero-order valence-corrected chi connectivity index (χ0v) is 8.11. The fourth-order valence-electron chi connectivity index (χ4n) is 1.28. The summed E-state index contributed by atoms with van der Waals surface area (Å²) in [5, 5.41) is 2.31. The monoisotopic (exact) mass is 221 g/mol. The van der Waals surface area contributed by atoms with E-state index in [-0.39, 0.29) is 12.1 Å². The molecule has 1 aromatic carbocycles. The molecule has 0 aliphatic rings. The minimum atomic E-state index is -4.37. The van der Waals surface area contributed by atoms with Gasteiger partial charge in [-0.2, -0.15) is 13.2 Å². The Labute approximate surface area is 85.1 Å². The molecule has 1 unspecified atom stereocenters. The fraction of sp³-hybridized carbons (Fsp3) is 0.400. The van der Waals surface area contributed by atoms with Crippen LogP contribution in [-0.4, -0.2) is 12.7 Å². The normalized spacial score (nSPS) is 13.9. The van der Waals surface area contributed by atoms with Gasteiger partial charge in [0.15, 0.2) is 0 Å². The molecule has 0 spiro atoms. The maximum absolute atomic E-state index is 12.5. The number of rotatable bonds is 3. The van der Waals surface area contributed by atoms with Crippen molar-refractivity contribution in [2.45, 2.75) is 19.1 Å². The molecule has 5 heteroatoms. The predicted octanol–water partition coefficient (Wildman–Crippen LogP) is 3.04. The van der Waals surface area contributed by atoms with Crippen molar-refractivity contribution in [3.63, 3.8) is 0 Å². The van der Waals surface area contributed by atoms with Gasteiger partial charge in [0.1, 0.15) is 11.9 Å². The summed E-state index contributed by atoms with van der Waals surface area (Å²) in [6.45, 7) is 1.78. The molecular formula is C10H11F4N. The molecule has 0 bridgehead atoms. The van der Waals surface area contributed by atoms with Crippen molar-refractivity contribution in [1.82, 2.24) is 5.32 Å². The van der Waals surface area contributed by atoms with Crippen LogP contribution in [0.1, 0.15) is 18.5 Å². The van der Waals surface area contributed by atoms with E-state index in [0.717, 1.165) is 24.3 Å². The SMILES string of the molecule is CCNC(c1ccc(F)cc1)C(F)(F)F. The molecule has 84 valence electrons. The molecule has 0 saturated carbocycles. The smallest absolute Gasteiger partial charge is 0.303 e. The van der Waals surface area contributed by atoms with Gasteiger partial charge >= 0.3 is 6.18 Å². The molecule has 0 aliphatic carbocycles. The fourth-order valence-corrected chi connectivity index (χ4v) is 1.28. The second kappa shape index (κ2) is 4.61. The van der Waals surface area contributed by atoms with Crippen LogP contribution in [-0.2, 0) is 0 Å². The van der Waals surface area contributed by atoms with Crippen molar-refractivity contribution in [3.8, 4) is 0 Å². The van der Waals surface area contributed by atoms with Gasteiger partial charge < -0.3 is 5.32 Å². The summed E-state index contributed by atoms with van der Waals surface area (Å²) in [5.41, 5.74) is 0.0192. The van der Waals surface area contributed by atoms with E-state index < -0.39 is 18.0 Å². The van der Waals surface area contributed by atoms with E-state index in [4.69, 9.17) is 0 Å². The van der Waals surface area contributed by atoms with E-state index in [2.05, 4.69) is 5.32 Å². The number of benzene rings is 1. The highest BCUT2D eigenvalue weighted by Gasteiger charge is 2.39. The standard InChI is InChI=1S/C10H11F4N/c1-2-15-9(10(12,13)14)7-3-5-8(11)6-4-7/h3-6,9,15H,2H2,1H3. The van der Waals surface area contributed by atoms with Gasteiger partial charge in [-0.25, -0.2) is 4.39 Å². The van der Waals surface area contributed by atoms with Crippen LogP contribution in [0.3, 0.4) is 0 Å². The first-order chi connectivity index (χ1) is 6.95. The highest BCUT2D eigenvalue weighted by Crippen LogP contribution is 2.32. The first-order valence-electron chi connectivity index (χ1n) is 4.50. The highest BCUT2D eigenvalue weighted by molar-refractivity contribution is 5.21. The zero-order chi connectivity index (χ0) is 11.5. The first kappa shape index (κ1) is 12.0. The summed E-state index contributed by atoms with van der Waals surface area (Å²) in [7, 11) is 0. The molecular weight excluding hydrogens is 210 g/mol. The molecule has 15 heavy (non-hydrogen) atoms. The quantitative estimate of drug-likeness (QED) is 0.773. The maximum atomic E-state index is 12.5. The number of hydrogen-bond donors (Lipinski definition) is 1. The molecule has 0 aliphatic heterocycles. The Bertz CT molecular complexity index is 304. The Kier molecular flexibility index (Phi) is 3.68. The second-order valence-electron chi connectivity index (χ2n) is 3.08. The van der Waals surface area contributed by atoms with Gasteiger partial charge in [-0.15, -0.1) is 0 Å². The molecule has 1 nitrogen and oxygen atoms in total. The van der Waals surface area contributed by atoms with Crippen LogP contribution in [0.2, 0.25) is 0 Å². The summed E-state index contributed by atoms with van der Waals surface area (Å²) in [6.07, 6.45) is -4.37. The Morgan fingerprint density at radius 1 is 1.20 bits per heavy atom. The average Bonchev–Trinajstić information content (AvgIpc) is 2.14. The van der Waals surface area contributed by atoms with Gasteiger partial charge in [0.05, 0.1) is 0 Å². The van der Waals surface area contributed by atoms with E-state index >= 15 is 0 Å². The van der Waals surface area contributed by atoms with E-state index in [1.807, 2.05) is 0 Å². The average molecular weight is 221 g/mol. The number of halogens is 4. The molecule has 0 amide bonds. The van der Waals surface area contributed by atoms with Crippen LogP contribution < -0.4 is 5.32 Å². The van der Waals surface area contributed by atoms with E-state index in [9.17, 15) is 17.6 Å². The van der Waals surface area contributed by atoms with Gasteiger partial charge in [-0.3, -0.25) is 0 Å². The Morgan fingerprint density at radius 2 is 1.73 bits per heavy atom. The summed E-state index contributed by atoms with van der Waals surface area (Å²) in [4.78, 5) is 0. The lowest BCUT2D eigenvalue weighted by atomic mass is 10.1. The van der Waals surface area contributed by atoms with Crippen LogP contribution in [0, 0.1) is 5.82 Å². The number of nitrogens with one attached hydrogen (secondary N) is 1. The number of alkyl halides is 3. The molecule has 0 saturated heterocycles.